The maximum absolute atomic E-state index is 11.8. The Morgan fingerprint density at radius 3 is 2.62 bits per heavy atom. The Bertz CT molecular complexity index is 779. The average molecular weight is 273 g/mol. The Morgan fingerprint density at radius 1 is 1.05 bits per heavy atom. The summed E-state index contributed by atoms with van der Waals surface area (Å²) >= 11 is 0. The molecule has 2 aromatic rings. The van der Waals surface area contributed by atoms with Crippen molar-refractivity contribution in [3.63, 3.8) is 0 Å². The van der Waals surface area contributed by atoms with E-state index in [0.717, 1.165) is 0 Å². The molecule has 0 unspecified atom stereocenters. The molecule has 0 saturated heterocycles. The Morgan fingerprint density at radius 2 is 1.86 bits per heavy atom. The fraction of sp³-hybridized carbons (Fsp3) is 0. The number of nitrogens with one attached hydrogen (secondary N) is 1. The van der Waals surface area contributed by atoms with Gasteiger partial charge in [-0.2, -0.15) is 10.5 Å². The quantitative estimate of drug-likeness (QED) is 0.873. The van der Waals surface area contributed by atoms with Gasteiger partial charge in [-0.05, 0) is 35.9 Å². The molecule has 0 spiro atoms. The fourth-order valence-electron chi connectivity index (χ4n) is 1.76. The highest BCUT2D eigenvalue weighted by molar-refractivity contribution is 6.02. The van der Waals surface area contributed by atoms with Gasteiger partial charge in [-0.25, -0.2) is 0 Å². The van der Waals surface area contributed by atoms with Crippen LogP contribution in [0.5, 0.6) is 0 Å². The van der Waals surface area contributed by atoms with Crippen LogP contribution in [0.1, 0.15) is 16.7 Å². The van der Waals surface area contributed by atoms with Crippen molar-refractivity contribution >= 4 is 17.7 Å². The number of amides is 1. The standard InChI is InChI=1S/C17H11N3O/c18-11-13-4-3-7-16(10-13)20-17(21)9-8-14-5-1-2-6-15(14)12-19/h1-10H,(H,20,21). The van der Waals surface area contributed by atoms with E-state index in [1.54, 1.807) is 54.6 Å². The number of nitriles is 2. The summed E-state index contributed by atoms with van der Waals surface area (Å²) in [6.45, 7) is 0. The zero-order valence-corrected chi connectivity index (χ0v) is 11.1. The molecule has 0 atom stereocenters. The van der Waals surface area contributed by atoms with Crippen LogP contribution in [0.4, 0.5) is 5.69 Å². The lowest BCUT2D eigenvalue weighted by molar-refractivity contribution is -0.111. The second kappa shape index (κ2) is 6.70. The SMILES string of the molecule is N#Cc1cccc(NC(=O)C=Cc2ccccc2C#N)c1. The molecular weight excluding hydrogens is 262 g/mol. The van der Waals surface area contributed by atoms with Gasteiger partial charge in [0, 0.05) is 11.8 Å². The molecule has 100 valence electrons. The summed E-state index contributed by atoms with van der Waals surface area (Å²) in [5, 5.41) is 20.4. The Kier molecular flexibility index (Phi) is 4.48. The molecule has 0 saturated carbocycles. The lowest BCUT2D eigenvalue weighted by Crippen LogP contribution is -2.07. The van der Waals surface area contributed by atoms with Crippen molar-refractivity contribution < 1.29 is 4.79 Å². The summed E-state index contributed by atoms with van der Waals surface area (Å²) in [7, 11) is 0. The van der Waals surface area contributed by atoms with E-state index in [9.17, 15) is 4.79 Å². The number of rotatable bonds is 3. The zero-order valence-electron chi connectivity index (χ0n) is 11.1. The number of anilines is 1. The summed E-state index contributed by atoms with van der Waals surface area (Å²) in [5.41, 5.74) is 2.22. The van der Waals surface area contributed by atoms with E-state index >= 15 is 0 Å². The van der Waals surface area contributed by atoms with E-state index in [4.69, 9.17) is 10.5 Å². The summed E-state index contributed by atoms with van der Waals surface area (Å²) in [6, 6.07) is 17.7. The van der Waals surface area contributed by atoms with Crippen LogP contribution in [0.15, 0.2) is 54.6 Å². The molecule has 21 heavy (non-hydrogen) atoms. The molecule has 2 rings (SSSR count). The molecule has 2 aromatic carbocycles. The number of hydrogen-bond donors (Lipinski definition) is 1. The van der Waals surface area contributed by atoms with Crippen LogP contribution in [0.3, 0.4) is 0 Å². The van der Waals surface area contributed by atoms with Crippen molar-refractivity contribution in [3.05, 3.63) is 71.3 Å². The van der Waals surface area contributed by atoms with Gasteiger partial charge in [0.05, 0.1) is 23.3 Å². The lowest BCUT2D eigenvalue weighted by atomic mass is 10.1. The third-order valence-electron chi connectivity index (χ3n) is 2.75. The van der Waals surface area contributed by atoms with Gasteiger partial charge in [-0.15, -0.1) is 0 Å². The van der Waals surface area contributed by atoms with Crippen LogP contribution in [-0.2, 0) is 4.79 Å². The minimum Gasteiger partial charge on any atom is -0.322 e. The molecule has 0 heterocycles. The monoisotopic (exact) mass is 273 g/mol. The van der Waals surface area contributed by atoms with Gasteiger partial charge in [0.1, 0.15) is 0 Å². The molecule has 0 aliphatic carbocycles. The first-order valence-electron chi connectivity index (χ1n) is 6.21. The predicted octanol–water partition coefficient (Wildman–Crippen LogP) is 3.08. The Hall–Kier alpha value is -3.37. The smallest absolute Gasteiger partial charge is 0.248 e. The van der Waals surface area contributed by atoms with Crippen LogP contribution in [-0.4, -0.2) is 5.91 Å². The highest BCUT2D eigenvalue weighted by Gasteiger charge is 2.00. The second-order valence-electron chi connectivity index (χ2n) is 4.21. The van der Waals surface area contributed by atoms with Crippen LogP contribution >= 0.6 is 0 Å². The highest BCUT2D eigenvalue weighted by atomic mass is 16.1. The summed E-state index contributed by atoms with van der Waals surface area (Å²) in [6.07, 6.45) is 2.94. The maximum atomic E-state index is 11.8. The van der Waals surface area contributed by atoms with Gasteiger partial charge in [0.25, 0.3) is 0 Å². The van der Waals surface area contributed by atoms with E-state index in [-0.39, 0.29) is 5.91 Å². The van der Waals surface area contributed by atoms with Crippen molar-refractivity contribution in [2.45, 2.75) is 0 Å². The minimum atomic E-state index is -0.321. The zero-order chi connectivity index (χ0) is 15.1. The molecule has 4 nitrogen and oxygen atoms in total. The van der Waals surface area contributed by atoms with Crippen molar-refractivity contribution in [1.29, 1.82) is 10.5 Å². The van der Waals surface area contributed by atoms with E-state index < -0.39 is 0 Å². The van der Waals surface area contributed by atoms with Crippen molar-refractivity contribution in [2.75, 3.05) is 5.32 Å². The molecule has 0 fully saturated rings. The Balaban J connectivity index is 2.10. The third-order valence-corrected chi connectivity index (χ3v) is 2.75. The third kappa shape index (κ3) is 3.79. The van der Waals surface area contributed by atoms with E-state index in [1.807, 2.05) is 6.07 Å². The van der Waals surface area contributed by atoms with Gasteiger partial charge in [0.2, 0.25) is 5.91 Å². The van der Waals surface area contributed by atoms with Crippen LogP contribution in [0.25, 0.3) is 6.08 Å². The van der Waals surface area contributed by atoms with Crippen molar-refractivity contribution in [2.24, 2.45) is 0 Å². The second-order valence-corrected chi connectivity index (χ2v) is 4.21. The molecule has 0 aliphatic rings. The lowest BCUT2D eigenvalue weighted by Gasteiger charge is -2.02. The molecular formula is C17H11N3O. The molecule has 0 aromatic heterocycles. The molecule has 1 amide bonds. The van der Waals surface area contributed by atoms with Gasteiger partial charge in [0.15, 0.2) is 0 Å². The molecule has 0 radical (unpaired) electrons. The van der Waals surface area contributed by atoms with Crippen LogP contribution < -0.4 is 5.32 Å². The first kappa shape index (κ1) is 14.0. The first-order valence-corrected chi connectivity index (χ1v) is 6.21. The number of carbonyl (C=O) groups is 1. The molecule has 0 aliphatic heterocycles. The summed E-state index contributed by atoms with van der Waals surface area (Å²) in [5.74, 6) is -0.321. The normalized spacial score (nSPS) is 9.81. The molecule has 4 heteroatoms. The van der Waals surface area contributed by atoms with Crippen molar-refractivity contribution in [3.8, 4) is 12.1 Å². The summed E-state index contributed by atoms with van der Waals surface area (Å²) in [4.78, 5) is 11.8. The van der Waals surface area contributed by atoms with Gasteiger partial charge in [-0.1, -0.05) is 24.3 Å². The average Bonchev–Trinajstić information content (AvgIpc) is 2.53. The number of carbonyl (C=O) groups excluding carboxylic acids is 1. The number of benzene rings is 2. The fourth-order valence-corrected chi connectivity index (χ4v) is 1.76. The van der Waals surface area contributed by atoms with E-state index in [2.05, 4.69) is 11.4 Å². The first-order chi connectivity index (χ1) is 10.2. The van der Waals surface area contributed by atoms with Gasteiger partial charge in [-0.3, -0.25) is 4.79 Å². The van der Waals surface area contributed by atoms with Crippen LogP contribution in [0, 0.1) is 22.7 Å². The van der Waals surface area contributed by atoms with Gasteiger partial charge >= 0.3 is 0 Å². The Labute approximate surface area is 122 Å². The minimum absolute atomic E-state index is 0.321. The molecule has 1 N–H and O–H groups in total. The number of nitrogens with zero attached hydrogens (tertiary/aromatic N) is 2. The van der Waals surface area contributed by atoms with Crippen LogP contribution in [0.2, 0.25) is 0 Å². The molecule has 0 bridgehead atoms. The summed E-state index contributed by atoms with van der Waals surface area (Å²) < 4.78 is 0. The van der Waals surface area contributed by atoms with Crippen molar-refractivity contribution in [1.82, 2.24) is 0 Å². The van der Waals surface area contributed by atoms with E-state index in [1.165, 1.54) is 6.08 Å². The van der Waals surface area contributed by atoms with E-state index in [0.29, 0.717) is 22.4 Å². The largest absolute Gasteiger partial charge is 0.322 e. The van der Waals surface area contributed by atoms with Gasteiger partial charge < -0.3 is 5.32 Å². The predicted molar refractivity (Wildman–Crippen MR) is 80.0 cm³/mol. The number of hydrogen-bond acceptors (Lipinski definition) is 3. The highest BCUT2D eigenvalue weighted by Crippen LogP contribution is 2.11. The maximum Gasteiger partial charge on any atom is 0.248 e. The topological polar surface area (TPSA) is 76.7 Å².